The van der Waals surface area contributed by atoms with Gasteiger partial charge in [0, 0.05) is 50.8 Å². The summed E-state index contributed by atoms with van der Waals surface area (Å²) in [6.07, 6.45) is 3.36. The Balaban J connectivity index is 1.62. The Bertz CT molecular complexity index is 917. The second kappa shape index (κ2) is 8.02. The van der Waals surface area contributed by atoms with Gasteiger partial charge in [0.25, 0.3) is 0 Å². The number of hydrogen-bond donors (Lipinski definition) is 1. The van der Waals surface area contributed by atoms with Gasteiger partial charge in [0.05, 0.1) is 24.9 Å². The van der Waals surface area contributed by atoms with Crippen LogP contribution in [0.3, 0.4) is 0 Å². The molecule has 156 valence electrons. The second-order valence-corrected chi connectivity index (χ2v) is 8.08. The van der Waals surface area contributed by atoms with Crippen LogP contribution in [0.25, 0.3) is 5.65 Å². The highest BCUT2D eigenvalue weighted by Gasteiger charge is 2.30. The Labute approximate surface area is 170 Å². The van der Waals surface area contributed by atoms with Crippen LogP contribution in [0.2, 0.25) is 0 Å². The highest BCUT2D eigenvalue weighted by Crippen LogP contribution is 2.32. The third-order valence-electron chi connectivity index (χ3n) is 6.07. The highest BCUT2D eigenvalue weighted by molar-refractivity contribution is 5.73. The number of imidazole rings is 1. The lowest BCUT2D eigenvalue weighted by atomic mass is 9.91. The van der Waals surface area contributed by atoms with E-state index in [0.717, 1.165) is 48.5 Å². The summed E-state index contributed by atoms with van der Waals surface area (Å²) in [7, 11) is 0. The average molecular weight is 400 g/mol. The van der Waals surface area contributed by atoms with Crippen molar-refractivity contribution >= 4 is 17.6 Å². The van der Waals surface area contributed by atoms with Crippen LogP contribution < -0.4 is 0 Å². The average Bonchev–Trinajstić information content (AvgIpc) is 3.05. The molecule has 2 aliphatic heterocycles. The fourth-order valence-electron chi connectivity index (χ4n) is 4.45. The molecule has 0 saturated carbocycles. The number of likely N-dealkylation sites (tertiary alicyclic amines) is 1. The van der Waals surface area contributed by atoms with Gasteiger partial charge in [-0.15, -0.1) is 0 Å². The van der Waals surface area contributed by atoms with E-state index in [1.165, 1.54) is 4.90 Å². The van der Waals surface area contributed by atoms with Gasteiger partial charge in [0.1, 0.15) is 5.65 Å². The van der Waals surface area contributed by atoms with Gasteiger partial charge in [0.2, 0.25) is 5.91 Å². The van der Waals surface area contributed by atoms with Crippen LogP contribution in [0, 0.1) is 6.92 Å². The lowest BCUT2D eigenvalue weighted by Gasteiger charge is -2.32. The van der Waals surface area contributed by atoms with Gasteiger partial charge in [-0.25, -0.2) is 9.78 Å². The predicted molar refractivity (Wildman–Crippen MR) is 107 cm³/mol. The number of carboxylic acid groups (broad SMARTS) is 1. The Morgan fingerprint density at radius 3 is 2.69 bits per heavy atom. The number of morpholine rings is 1. The number of aryl methyl sites for hydroxylation is 1. The van der Waals surface area contributed by atoms with Crippen LogP contribution >= 0.6 is 0 Å². The molecule has 4 rings (SSSR count). The molecule has 0 bridgehead atoms. The van der Waals surface area contributed by atoms with Crippen molar-refractivity contribution in [2.24, 2.45) is 0 Å². The van der Waals surface area contributed by atoms with Gasteiger partial charge in [-0.3, -0.25) is 4.79 Å². The number of amides is 2. The summed E-state index contributed by atoms with van der Waals surface area (Å²) >= 11 is 0. The number of pyridine rings is 1. The number of rotatable bonds is 3. The zero-order chi connectivity index (χ0) is 20.5. The molecule has 1 unspecified atom stereocenters. The monoisotopic (exact) mass is 400 g/mol. The zero-order valence-corrected chi connectivity index (χ0v) is 17.0. The number of piperidine rings is 1. The van der Waals surface area contributed by atoms with Crippen molar-refractivity contribution in [3.63, 3.8) is 0 Å². The second-order valence-electron chi connectivity index (χ2n) is 8.08. The fraction of sp³-hybridized carbons (Fsp3) is 0.571. The quantitative estimate of drug-likeness (QED) is 0.854. The molecule has 0 radical (unpaired) electrons. The number of fused-ring (bicyclic) bond motifs is 1. The molecule has 2 amide bonds. The zero-order valence-electron chi connectivity index (χ0n) is 17.0. The van der Waals surface area contributed by atoms with Crippen LogP contribution in [0.1, 0.15) is 42.6 Å². The smallest absolute Gasteiger partial charge is 0.407 e. The molecular weight excluding hydrogens is 372 g/mol. The summed E-state index contributed by atoms with van der Waals surface area (Å²) < 4.78 is 8.01. The molecular formula is C21H28N4O4. The minimum absolute atomic E-state index is 0.124. The molecule has 0 aromatic carbocycles. The van der Waals surface area contributed by atoms with Gasteiger partial charge in [-0.1, -0.05) is 0 Å². The molecule has 8 nitrogen and oxygen atoms in total. The maximum Gasteiger partial charge on any atom is 0.407 e. The fourth-order valence-corrected chi connectivity index (χ4v) is 4.45. The number of ether oxygens (including phenoxy) is 1. The van der Waals surface area contributed by atoms with Crippen molar-refractivity contribution in [1.29, 1.82) is 0 Å². The highest BCUT2D eigenvalue weighted by atomic mass is 16.5. The Hall–Kier alpha value is -2.61. The molecule has 2 fully saturated rings. The third-order valence-corrected chi connectivity index (χ3v) is 6.07. The molecule has 0 aliphatic carbocycles. The normalized spacial score (nSPS) is 21.0. The van der Waals surface area contributed by atoms with Crippen LogP contribution in [0.4, 0.5) is 4.79 Å². The molecule has 2 aliphatic rings. The molecule has 8 heteroatoms. The van der Waals surface area contributed by atoms with Gasteiger partial charge in [-0.05, 0) is 37.5 Å². The summed E-state index contributed by atoms with van der Waals surface area (Å²) in [5, 5.41) is 9.33. The number of carbonyl (C=O) groups is 2. The molecule has 4 heterocycles. The Kier molecular flexibility index (Phi) is 5.45. The summed E-state index contributed by atoms with van der Waals surface area (Å²) in [4.78, 5) is 31.3. The summed E-state index contributed by atoms with van der Waals surface area (Å²) in [6.45, 7) is 6.37. The summed E-state index contributed by atoms with van der Waals surface area (Å²) in [5.41, 5.74) is 4.22. The van der Waals surface area contributed by atoms with E-state index in [9.17, 15) is 14.7 Å². The molecule has 2 saturated heterocycles. The van der Waals surface area contributed by atoms with Crippen molar-refractivity contribution in [2.75, 3.05) is 32.8 Å². The van der Waals surface area contributed by atoms with Gasteiger partial charge < -0.3 is 24.0 Å². The minimum Gasteiger partial charge on any atom is -0.465 e. The summed E-state index contributed by atoms with van der Waals surface area (Å²) in [5.74, 6) is 0.415. The SMILES string of the molecule is CC(=O)N1CCC(c2nc3cc(C)ccn3c2CC2CN(C(=O)O)CCO2)CC1. The lowest BCUT2D eigenvalue weighted by molar-refractivity contribution is -0.129. The van der Waals surface area contributed by atoms with E-state index in [-0.39, 0.29) is 12.0 Å². The van der Waals surface area contributed by atoms with Crippen LogP contribution in [-0.2, 0) is 16.0 Å². The van der Waals surface area contributed by atoms with Crippen LogP contribution in [0.5, 0.6) is 0 Å². The van der Waals surface area contributed by atoms with E-state index in [4.69, 9.17) is 9.72 Å². The van der Waals surface area contributed by atoms with Gasteiger partial charge in [-0.2, -0.15) is 0 Å². The minimum atomic E-state index is -0.899. The van der Waals surface area contributed by atoms with E-state index in [0.29, 0.717) is 32.0 Å². The van der Waals surface area contributed by atoms with E-state index in [1.54, 1.807) is 6.92 Å². The summed E-state index contributed by atoms with van der Waals surface area (Å²) in [6, 6.07) is 4.13. The number of carbonyl (C=O) groups excluding carboxylic acids is 1. The predicted octanol–water partition coefficient (Wildman–Crippen LogP) is 2.29. The van der Waals surface area contributed by atoms with E-state index >= 15 is 0 Å². The molecule has 1 atom stereocenters. The van der Waals surface area contributed by atoms with Gasteiger partial charge >= 0.3 is 6.09 Å². The van der Waals surface area contributed by atoms with Gasteiger partial charge in [0.15, 0.2) is 0 Å². The van der Waals surface area contributed by atoms with Crippen molar-refractivity contribution in [2.45, 2.75) is 45.1 Å². The number of aromatic nitrogens is 2. The first kappa shape index (κ1) is 19.7. The van der Waals surface area contributed by atoms with Crippen LogP contribution in [0.15, 0.2) is 18.3 Å². The number of nitrogens with zero attached hydrogens (tertiary/aromatic N) is 4. The Morgan fingerprint density at radius 1 is 1.24 bits per heavy atom. The topological polar surface area (TPSA) is 87.4 Å². The first-order valence-corrected chi connectivity index (χ1v) is 10.2. The van der Waals surface area contributed by atoms with E-state index < -0.39 is 6.09 Å². The first-order valence-electron chi connectivity index (χ1n) is 10.2. The molecule has 0 spiro atoms. The van der Waals surface area contributed by atoms with Crippen molar-refractivity contribution < 1.29 is 19.4 Å². The first-order chi connectivity index (χ1) is 13.9. The van der Waals surface area contributed by atoms with Crippen molar-refractivity contribution in [3.8, 4) is 0 Å². The third kappa shape index (κ3) is 4.07. The molecule has 29 heavy (non-hydrogen) atoms. The molecule has 2 aromatic heterocycles. The van der Waals surface area contributed by atoms with Crippen LogP contribution in [-0.4, -0.2) is 75.2 Å². The number of hydrogen-bond acceptors (Lipinski definition) is 4. The standard InChI is InChI=1S/C21H28N4O4/c1-14-3-8-25-18(12-17-13-24(21(27)28)9-10-29-17)20(22-19(25)11-14)16-4-6-23(7-5-16)15(2)26/h3,8,11,16-17H,4-7,9-10,12-13H2,1-2H3,(H,27,28). The lowest BCUT2D eigenvalue weighted by Crippen LogP contribution is -2.46. The largest absolute Gasteiger partial charge is 0.465 e. The van der Waals surface area contributed by atoms with Crippen molar-refractivity contribution in [3.05, 3.63) is 35.3 Å². The van der Waals surface area contributed by atoms with Crippen molar-refractivity contribution in [1.82, 2.24) is 19.2 Å². The van der Waals surface area contributed by atoms with E-state index in [1.807, 2.05) is 18.0 Å². The maximum absolute atomic E-state index is 11.7. The maximum atomic E-state index is 11.7. The Morgan fingerprint density at radius 2 is 2.00 bits per heavy atom. The molecule has 2 aromatic rings. The molecule has 1 N–H and O–H groups in total. The van der Waals surface area contributed by atoms with E-state index in [2.05, 4.69) is 16.5 Å².